The second-order valence-corrected chi connectivity index (χ2v) is 9.80. The largest absolute Gasteiger partial charge is 0.493 e. The Morgan fingerprint density at radius 1 is 1.00 bits per heavy atom. The lowest BCUT2D eigenvalue weighted by molar-refractivity contribution is 0.247. The van der Waals surface area contributed by atoms with Crippen LogP contribution in [0.3, 0.4) is 0 Å². The molecule has 0 amide bonds. The van der Waals surface area contributed by atoms with Gasteiger partial charge in [0.1, 0.15) is 16.5 Å². The molecule has 1 heterocycles. The van der Waals surface area contributed by atoms with Crippen LogP contribution in [0.4, 0.5) is 8.78 Å². The Bertz CT molecular complexity index is 1070. The predicted octanol–water partition coefficient (Wildman–Crippen LogP) is 4.14. The standard InChI is InChI=1S/C22H27ClF2N2O4S/c1-30-20-10-15-6-9-27(14-16(15)11-21(20)31-2)8-5-3-4-7-26-32(28,29)22-12-17(23)18(24)13-19(22)25/h10-13,26H,3-9,14H2,1-2H3. The molecule has 3 rings (SSSR count). The molecule has 0 spiro atoms. The van der Waals surface area contributed by atoms with Crippen molar-refractivity contribution in [3.8, 4) is 11.5 Å². The van der Waals surface area contributed by atoms with Crippen LogP contribution in [-0.2, 0) is 23.0 Å². The molecule has 0 aliphatic carbocycles. The van der Waals surface area contributed by atoms with E-state index in [1.54, 1.807) is 14.2 Å². The number of fused-ring (bicyclic) bond motifs is 1. The molecule has 10 heteroatoms. The molecule has 176 valence electrons. The van der Waals surface area contributed by atoms with Crippen LogP contribution in [-0.4, -0.2) is 47.2 Å². The number of rotatable bonds is 10. The molecule has 32 heavy (non-hydrogen) atoms. The van der Waals surface area contributed by atoms with E-state index in [0.717, 1.165) is 56.5 Å². The van der Waals surface area contributed by atoms with Gasteiger partial charge in [-0.3, -0.25) is 4.90 Å². The second kappa shape index (κ2) is 10.8. The number of sulfonamides is 1. The predicted molar refractivity (Wildman–Crippen MR) is 119 cm³/mol. The zero-order valence-electron chi connectivity index (χ0n) is 18.1. The number of nitrogens with one attached hydrogen (secondary N) is 1. The molecule has 0 saturated heterocycles. The highest BCUT2D eigenvalue weighted by Gasteiger charge is 2.21. The van der Waals surface area contributed by atoms with E-state index in [-0.39, 0.29) is 6.54 Å². The Labute approximate surface area is 192 Å². The van der Waals surface area contributed by atoms with Crippen molar-refractivity contribution in [2.75, 3.05) is 33.9 Å². The Hall–Kier alpha value is -1.94. The van der Waals surface area contributed by atoms with E-state index < -0.39 is 31.6 Å². The minimum atomic E-state index is -4.09. The van der Waals surface area contributed by atoms with Gasteiger partial charge in [0.15, 0.2) is 11.5 Å². The summed E-state index contributed by atoms with van der Waals surface area (Å²) in [6.07, 6.45) is 3.25. The summed E-state index contributed by atoms with van der Waals surface area (Å²) in [6.45, 7) is 2.83. The maximum atomic E-state index is 13.8. The fraction of sp³-hybridized carbons (Fsp3) is 0.455. The average Bonchev–Trinajstić information content (AvgIpc) is 2.77. The van der Waals surface area contributed by atoms with Gasteiger partial charge >= 0.3 is 0 Å². The van der Waals surface area contributed by atoms with Gasteiger partial charge in [0.2, 0.25) is 10.0 Å². The lowest BCUT2D eigenvalue weighted by Gasteiger charge is -2.29. The summed E-state index contributed by atoms with van der Waals surface area (Å²) >= 11 is 5.58. The molecule has 2 aromatic rings. The first-order valence-corrected chi connectivity index (χ1v) is 12.2. The van der Waals surface area contributed by atoms with Gasteiger partial charge < -0.3 is 9.47 Å². The number of unbranched alkanes of at least 4 members (excludes halogenated alkanes) is 2. The van der Waals surface area contributed by atoms with Gasteiger partial charge in [0.25, 0.3) is 0 Å². The molecule has 1 aliphatic heterocycles. The van der Waals surface area contributed by atoms with Gasteiger partial charge in [-0.25, -0.2) is 21.9 Å². The minimum absolute atomic E-state index is 0.163. The number of ether oxygens (including phenoxy) is 2. The van der Waals surface area contributed by atoms with Crippen molar-refractivity contribution in [1.82, 2.24) is 9.62 Å². The fourth-order valence-corrected chi connectivity index (χ4v) is 5.15. The zero-order valence-corrected chi connectivity index (χ0v) is 19.7. The van der Waals surface area contributed by atoms with Crippen molar-refractivity contribution in [1.29, 1.82) is 0 Å². The van der Waals surface area contributed by atoms with Crippen molar-refractivity contribution in [3.63, 3.8) is 0 Å². The van der Waals surface area contributed by atoms with Crippen molar-refractivity contribution in [2.45, 2.75) is 37.1 Å². The first kappa shape index (κ1) is 24.7. The van der Waals surface area contributed by atoms with E-state index in [4.69, 9.17) is 21.1 Å². The Morgan fingerprint density at radius 3 is 2.38 bits per heavy atom. The van der Waals surface area contributed by atoms with Gasteiger partial charge in [-0.05, 0) is 55.1 Å². The Morgan fingerprint density at radius 2 is 1.69 bits per heavy atom. The highest BCUT2D eigenvalue weighted by Crippen LogP contribution is 2.33. The lowest BCUT2D eigenvalue weighted by atomic mass is 9.98. The summed E-state index contributed by atoms with van der Waals surface area (Å²) in [5.41, 5.74) is 2.49. The molecule has 1 N–H and O–H groups in total. The second-order valence-electron chi connectivity index (χ2n) is 7.66. The monoisotopic (exact) mass is 488 g/mol. The van der Waals surface area contributed by atoms with Gasteiger partial charge in [0.05, 0.1) is 19.2 Å². The summed E-state index contributed by atoms with van der Waals surface area (Å²) in [5, 5.41) is -0.439. The third kappa shape index (κ3) is 5.89. The van der Waals surface area contributed by atoms with Crippen LogP contribution < -0.4 is 14.2 Å². The smallest absolute Gasteiger partial charge is 0.243 e. The van der Waals surface area contributed by atoms with Crippen molar-refractivity contribution in [3.05, 3.63) is 52.0 Å². The Balaban J connectivity index is 1.43. The maximum absolute atomic E-state index is 13.8. The molecule has 0 saturated carbocycles. The molecule has 1 aliphatic rings. The van der Waals surface area contributed by atoms with E-state index in [2.05, 4.69) is 9.62 Å². The Kier molecular flexibility index (Phi) is 8.32. The van der Waals surface area contributed by atoms with E-state index in [0.29, 0.717) is 12.5 Å². The van der Waals surface area contributed by atoms with Crippen LogP contribution in [0.1, 0.15) is 30.4 Å². The summed E-state index contributed by atoms with van der Waals surface area (Å²) in [6, 6.07) is 5.32. The number of hydrogen-bond acceptors (Lipinski definition) is 5. The first-order chi connectivity index (χ1) is 15.2. The maximum Gasteiger partial charge on any atom is 0.243 e. The summed E-state index contributed by atoms with van der Waals surface area (Å²) in [7, 11) is -0.839. The molecule has 0 atom stereocenters. The van der Waals surface area contributed by atoms with E-state index in [1.807, 2.05) is 12.1 Å². The molecule has 0 unspecified atom stereocenters. The van der Waals surface area contributed by atoms with E-state index in [1.165, 1.54) is 11.1 Å². The van der Waals surface area contributed by atoms with Crippen LogP contribution in [0.2, 0.25) is 5.02 Å². The van der Waals surface area contributed by atoms with Crippen LogP contribution in [0, 0.1) is 11.6 Å². The van der Waals surface area contributed by atoms with Gasteiger partial charge in [-0.1, -0.05) is 18.0 Å². The fourth-order valence-electron chi connectivity index (χ4n) is 3.76. The number of halogens is 3. The van der Waals surface area contributed by atoms with Gasteiger partial charge in [-0.2, -0.15) is 0 Å². The quantitative estimate of drug-likeness (QED) is 0.402. The molecular weight excluding hydrogens is 462 g/mol. The zero-order chi connectivity index (χ0) is 23.3. The van der Waals surface area contributed by atoms with Gasteiger partial charge in [-0.15, -0.1) is 0 Å². The number of benzene rings is 2. The van der Waals surface area contributed by atoms with Crippen molar-refractivity contribution in [2.24, 2.45) is 0 Å². The summed E-state index contributed by atoms with van der Waals surface area (Å²) in [4.78, 5) is 1.71. The SMILES string of the molecule is COc1cc2c(cc1OC)CN(CCCCCNS(=O)(=O)c1cc(Cl)c(F)cc1F)CC2. The van der Waals surface area contributed by atoms with Crippen molar-refractivity contribution >= 4 is 21.6 Å². The first-order valence-electron chi connectivity index (χ1n) is 10.4. The van der Waals surface area contributed by atoms with Crippen LogP contribution in [0.15, 0.2) is 29.2 Å². The molecule has 0 radical (unpaired) electrons. The number of methoxy groups -OCH3 is 2. The van der Waals surface area contributed by atoms with Crippen LogP contribution >= 0.6 is 11.6 Å². The molecule has 0 fully saturated rings. The number of nitrogens with zero attached hydrogens (tertiary/aromatic N) is 1. The minimum Gasteiger partial charge on any atom is -0.493 e. The molecular formula is C22H27ClF2N2O4S. The summed E-state index contributed by atoms with van der Waals surface area (Å²) < 4.78 is 64.7. The summed E-state index contributed by atoms with van der Waals surface area (Å²) in [5.74, 6) is -0.704. The normalized spacial score (nSPS) is 14.3. The highest BCUT2D eigenvalue weighted by molar-refractivity contribution is 7.89. The number of hydrogen-bond donors (Lipinski definition) is 1. The third-order valence-corrected chi connectivity index (χ3v) is 7.27. The lowest BCUT2D eigenvalue weighted by Crippen LogP contribution is -2.31. The molecule has 0 aromatic heterocycles. The average molecular weight is 489 g/mol. The van der Waals surface area contributed by atoms with Crippen LogP contribution in [0.5, 0.6) is 11.5 Å². The van der Waals surface area contributed by atoms with E-state index in [9.17, 15) is 17.2 Å². The third-order valence-electron chi connectivity index (χ3n) is 5.50. The van der Waals surface area contributed by atoms with Crippen LogP contribution in [0.25, 0.3) is 0 Å². The topological polar surface area (TPSA) is 67.9 Å². The molecule has 6 nitrogen and oxygen atoms in total. The molecule has 2 aromatic carbocycles. The van der Waals surface area contributed by atoms with Crippen molar-refractivity contribution < 1.29 is 26.7 Å². The van der Waals surface area contributed by atoms with E-state index >= 15 is 0 Å². The molecule has 0 bridgehead atoms. The van der Waals surface area contributed by atoms with Gasteiger partial charge in [0, 0.05) is 25.7 Å². The highest BCUT2D eigenvalue weighted by atomic mass is 35.5.